The number of carbonyl (C=O) groups is 1. The average molecular weight is 319 g/mol. The first-order valence-electron chi connectivity index (χ1n) is 6.73. The van der Waals surface area contributed by atoms with Gasteiger partial charge in [0.05, 0.1) is 17.5 Å². The van der Waals surface area contributed by atoms with Crippen LogP contribution < -0.4 is 4.72 Å². The molecule has 0 aromatic heterocycles. The number of benzene rings is 2. The molecule has 2 aromatic rings. The molecule has 0 fully saturated rings. The number of aryl methyl sites for hydroxylation is 2. The van der Waals surface area contributed by atoms with Crippen LogP contribution in [0.1, 0.15) is 21.5 Å². The maximum atomic E-state index is 11.4. The Balaban J connectivity index is 2.15. The van der Waals surface area contributed by atoms with Crippen LogP contribution in [0.3, 0.4) is 0 Å². The van der Waals surface area contributed by atoms with Crippen LogP contribution in [0.2, 0.25) is 0 Å². The first kappa shape index (κ1) is 16.0. The van der Waals surface area contributed by atoms with Gasteiger partial charge in [-0.2, -0.15) is 0 Å². The van der Waals surface area contributed by atoms with E-state index < -0.39 is 16.0 Å². The van der Waals surface area contributed by atoms with Gasteiger partial charge in [0.15, 0.2) is 0 Å². The Morgan fingerprint density at radius 1 is 1.09 bits per heavy atom. The van der Waals surface area contributed by atoms with Gasteiger partial charge in [0, 0.05) is 0 Å². The summed E-state index contributed by atoms with van der Waals surface area (Å²) in [6, 6.07) is 13.9. The van der Waals surface area contributed by atoms with Gasteiger partial charge in [-0.3, -0.25) is 4.72 Å². The highest BCUT2D eigenvalue weighted by Crippen LogP contribution is 2.19. The zero-order valence-corrected chi connectivity index (χ0v) is 12.9. The topological polar surface area (TPSA) is 83.5 Å². The zero-order valence-electron chi connectivity index (χ0n) is 12.1. The summed E-state index contributed by atoms with van der Waals surface area (Å²) in [5.74, 6) is -0.957. The van der Waals surface area contributed by atoms with Crippen molar-refractivity contribution in [1.29, 1.82) is 0 Å². The SMILES string of the molecule is CS(=O)(=O)Nc1ccccc1CCc1cccc(C(=O)O)c1. The van der Waals surface area contributed by atoms with Crippen molar-refractivity contribution in [2.45, 2.75) is 12.8 Å². The van der Waals surface area contributed by atoms with Crippen LogP contribution in [0.5, 0.6) is 0 Å². The molecule has 22 heavy (non-hydrogen) atoms. The van der Waals surface area contributed by atoms with Gasteiger partial charge in [0.25, 0.3) is 0 Å². The van der Waals surface area contributed by atoms with E-state index in [0.717, 1.165) is 17.4 Å². The minimum Gasteiger partial charge on any atom is -0.478 e. The van der Waals surface area contributed by atoms with Crippen molar-refractivity contribution in [1.82, 2.24) is 0 Å². The number of carboxylic acid groups (broad SMARTS) is 1. The standard InChI is InChI=1S/C16H17NO4S/c1-22(20,21)17-15-8-3-2-6-13(15)10-9-12-5-4-7-14(11-12)16(18)19/h2-8,11,17H,9-10H2,1H3,(H,18,19). The van der Waals surface area contributed by atoms with Crippen LogP contribution in [0.25, 0.3) is 0 Å². The second-order valence-electron chi connectivity index (χ2n) is 5.04. The number of anilines is 1. The predicted molar refractivity (Wildman–Crippen MR) is 85.7 cm³/mol. The Morgan fingerprint density at radius 3 is 2.50 bits per heavy atom. The Kier molecular flexibility index (Phi) is 4.82. The van der Waals surface area contributed by atoms with E-state index in [4.69, 9.17) is 5.11 Å². The lowest BCUT2D eigenvalue weighted by Crippen LogP contribution is -2.11. The Morgan fingerprint density at radius 2 is 1.82 bits per heavy atom. The molecular formula is C16H17NO4S. The van der Waals surface area contributed by atoms with Crippen molar-refractivity contribution in [2.24, 2.45) is 0 Å². The van der Waals surface area contributed by atoms with Crippen LogP contribution in [0.4, 0.5) is 5.69 Å². The van der Waals surface area contributed by atoms with Gasteiger partial charge < -0.3 is 5.11 Å². The highest BCUT2D eigenvalue weighted by Gasteiger charge is 2.08. The number of hydrogen-bond acceptors (Lipinski definition) is 3. The van der Waals surface area contributed by atoms with Crippen molar-refractivity contribution in [3.05, 3.63) is 65.2 Å². The van der Waals surface area contributed by atoms with Crippen molar-refractivity contribution < 1.29 is 18.3 Å². The second-order valence-corrected chi connectivity index (χ2v) is 6.79. The molecule has 6 heteroatoms. The van der Waals surface area contributed by atoms with Crippen LogP contribution in [-0.2, 0) is 22.9 Å². The lowest BCUT2D eigenvalue weighted by Gasteiger charge is -2.10. The molecule has 0 amide bonds. The van der Waals surface area contributed by atoms with E-state index in [1.807, 2.05) is 18.2 Å². The van der Waals surface area contributed by atoms with Crippen LogP contribution >= 0.6 is 0 Å². The first-order valence-corrected chi connectivity index (χ1v) is 8.62. The fourth-order valence-corrected chi connectivity index (χ4v) is 2.78. The van der Waals surface area contributed by atoms with Gasteiger partial charge in [0.2, 0.25) is 10.0 Å². The fourth-order valence-electron chi connectivity index (χ4n) is 2.18. The van der Waals surface area contributed by atoms with Crippen LogP contribution in [-0.4, -0.2) is 25.7 Å². The third kappa shape index (κ3) is 4.60. The number of carboxylic acids is 1. The minimum atomic E-state index is -3.33. The Hall–Kier alpha value is -2.34. The van der Waals surface area contributed by atoms with Crippen molar-refractivity contribution in [2.75, 3.05) is 11.0 Å². The molecule has 0 saturated heterocycles. The molecule has 2 aromatic carbocycles. The molecule has 116 valence electrons. The van der Waals surface area contributed by atoms with E-state index in [0.29, 0.717) is 18.5 Å². The third-order valence-electron chi connectivity index (χ3n) is 3.17. The van der Waals surface area contributed by atoms with Gasteiger partial charge >= 0.3 is 5.97 Å². The average Bonchev–Trinajstić information content (AvgIpc) is 2.45. The molecule has 0 aliphatic heterocycles. The van der Waals surface area contributed by atoms with E-state index in [1.54, 1.807) is 30.3 Å². The molecule has 0 saturated carbocycles. The molecule has 0 atom stereocenters. The Labute approximate surface area is 129 Å². The summed E-state index contributed by atoms with van der Waals surface area (Å²) >= 11 is 0. The summed E-state index contributed by atoms with van der Waals surface area (Å²) < 4.78 is 25.2. The quantitative estimate of drug-likeness (QED) is 0.857. The van der Waals surface area contributed by atoms with Crippen LogP contribution in [0, 0.1) is 0 Å². The predicted octanol–water partition coefficient (Wildman–Crippen LogP) is 2.54. The molecule has 2 rings (SSSR count). The smallest absolute Gasteiger partial charge is 0.335 e. The van der Waals surface area contributed by atoms with E-state index in [1.165, 1.54) is 0 Å². The molecule has 0 aliphatic rings. The van der Waals surface area contributed by atoms with E-state index in [9.17, 15) is 13.2 Å². The molecule has 2 N–H and O–H groups in total. The molecule has 0 spiro atoms. The number of rotatable bonds is 6. The maximum Gasteiger partial charge on any atom is 0.335 e. The summed E-state index contributed by atoms with van der Waals surface area (Å²) in [7, 11) is -3.33. The number of hydrogen-bond donors (Lipinski definition) is 2. The minimum absolute atomic E-state index is 0.250. The van der Waals surface area contributed by atoms with Crippen molar-refractivity contribution in [3.8, 4) is 0 Å². The normalized spacial score (nSPS) is 11.1. The third-order valence-corrected chi connectivity index (χ3v) is 3.76. The number of para-hydroxylation sites is 1. The molecule has 0 aliphatic carbocycles. The molecule has 0 unspecified atom stereocenters. The van der Waals surface area contributed by atoms with Crippen LogP contribution in [0.15, 0.2) is 48.5 Å². The van der Waals surface area contributed by atoms with Gasteiger partial charge in [-0.25, -0.2) is 13.2 Å². The number of sulfonamides is 1. The van der Waals surface area contributed by atoms with Crippen molar-refractivity contribution >= 4 is 21.7 Å². The number of aromatic carboxylic acids is 1. The van der Waals surface area contributed by atoms with Gasteiger partial charge in [-0.05, 0) is 42.2 Å². The monoisotopic (exact) mass is 319 g/mol. The molecule has 5 nitrogen and oxygen atoms in total. The summed E-state index contributed by atoms with van der Waals surface area (Å²) in [4.78, 5) is 11.0. The van der Waals surface area contributed by atoms with Gasteiger partial charge in [-0.15, -0.1) is 0 Å². The van der Waals surface area contributed by atoms with E-state index in [2.05, 4.69) is 4.72 Å². The summed E-state index contributed by atoms with van der Waals surface area (Å²) in [6.45, 7) is 0. The lowest BCUT2D eigenvalue weighted by atomic mass is 10.0. The molecule has 0 radical (unpaired) electrons. The van der Waals surface area contributed by atoms with E-state index in [-0.39, 0.29) is 5.56 Å². The summed E-state index contributed by atoms with van der Waals surface area (Å²) in [5, 5.41) is 8.99. The largest absolute Gasteiger partial charge is 0.478 e. The maximum absolute atomic E-state index is 11.4. The molecule has 0 heterocycles. The Bertz CT molecular complexity index is 784. The number of nitrogens with one attached hydrogen (secondary N) is 1. The molecular weight excluding hydrogens is 302 g/mol. The van der Waals surface area contributed by atoms with Gasteiger partial charge in [0.1, 0.15) is 0 Å². The highest BCUT2D eigenvalue weighted by molar-refractivity contribution is 7.92. The van der Waals surface area contributed by atoms with E-state index >= 15 is 0 Å². The zero-order chi connectivity index (χ0) is 16.2. The first-order chi connectivity index (χ1) is 10.3. The van der Waals surface area contributed by atoms with Crippen molar-refractivity contribution in [3.63, 3.8) is 0 Å². The molecule has 0 bridgehead atoms. The fraction of sp³-hybridized carbons (Fsp3) is 0.188. The summed E-state index contributed by atoms with van der Waals surface area (Å²) in [5.41, 5.74) is 2.57. The lowest BCUT2D eigenvalue weighted by molar-refractivity contribution is 0.0696. The summed E-state index contributed by atoms with van der Waals surface area (Å²) in [6.07, 6.45) is 2.35. The highest BCUT2D eigenvalue weighted by atomic mass is 32.2. The van der Waals surface area contributed by atoms with Gasteiger partial charge in [-0.1, -0.05) is 30.3 Å². The second kappa shape index (κ2) is 6.62.